The summed E-state index contributed by atoms with van der Waals surface area (Å²) in [6.07, 6.45) is 0. The molecule has 0 radical (unpaired) electrons. The highest BCUT2D eigenvalue weighted by Gasteiger charge is 2.71. The number of halogens is 1. The van der Waals surface area contributed by atoms with Crippen molar-refractivity contribution in [3.8, 4) is 0 Å². The smallest absolute Gasteiger partial charge is 0.310 e. The lowest BCUT2D eigenvalue weighted by molar-refractivity contribution is -0.147. The lowest BCUT2D eigenvalue weighted by Gasteiger charge is -2.18. The van der Waals surface area contributed by atoms with E-state index in [-0.39, 0.29) is 18.4 Å². The number of carbonyl (C=O) groups excluding carboxylic acids is 3. The number of hydrogen-bond acceptors (Lipinski definition) is 4. The molecule has 3 rings (SSSR count). The van der Waals surface area contributed by atoms with Crippen LogP contribution in [0.1, 0.15) is 6.92 Å². The molecule has 1 aliphatic heterocycles. The summed E-state index contributed by atoms with van der Waals surface area (Å²) in [5, 5.41) is 0.450. The number of esters is 1. The van der Waals surface area contributed by atoms with Gasteiger partial charge in [-0.15, -0.1) is 0 Å². The second-order valence-electron chi connectivity index (χ2n) is 4.82. The minimum Gasteiger partial charge on any atom is -0.466 e. The van der Waals surface area contributed by atoms with Crippen LogP contribution in [-0.2, 0) is 19.1 Å². The summed E-state index contributed by atoms with van der Waals surface area (Å²) in [7, 11) is 0. The number of fused-ring (bicyclic) bond motifs is 1. The van der Waals surface area contributed by atoms with Gasteiger partial charge in [-0.2, -0.15) is 0 Å². The predicted molar refractivity (Wildman–Crippen MR) is 71.0 cm³/mol. The molecule has 3 atom stereocenters. The maximum atomic E-state index is 12.2. The van der Waals surface area contributed by atoms with Crippen molar-refractivity contribution >= 4 is 35.1 Å². The van der Waals surface area contributed by atoms with Crippen LogP contribution in [0.25, 0.3) is 0 Å². The molecule has 104 valence electrons. The lowest BCUT2D eigenvalue weighted by Crippen LogP contribution is -2.36. The fraction of sp³-hybridized carbons (Fsp3) is 0.357. The number of imide groups is 1. The Morgan fingerprint density at radius 1 is 1.30 bits per heavy atom. The molecule has 0 N–H and O–H groups in total. The van der Waals surface area contributed by atoms with Gasteiger partial charge in [-0.05, 0) is 25.1 Å². The van der Waals surface area contributed by atoms with Crippen molar-refractivity contribution in [2.45, 2.75) is 6.92 Å². The Bertz CT molecular complexity index is 593. The van der Waals surface area contributed by atoms with Crippen LogP contribution in [0.2, 0.25) is 5.02 Å². The lowest BCUT2D eigenvalue weighted by atomic mass is 10.2. The maximum Gasteiger partial charge on any atom is 0.310 e. The fourth-order valence-corrected chi connectivity index (χ4v) is 2.92. The Kier molecular flexibility index (Phi) is 3.01. The number of carbonyl (C=O) groups is 3. The first-order chi connectivity index (χ1) is 9.56. The van der Waals surface area contributed by atoms with Crippen LogP contribution in [0.3, 0.4) is 0 Å². The number of piperidine rings is 1. The summed E-state index contributed by atoms with van der Waals surface area (Å²) in [6.45, 7) is 1.94. The molecule has 1 saturated carbocycles. The third kappa shape index (κ3) is 1.81. The largest absolute Gasteiger partial charge is 0.466 e. The van der Waals surface area contributed by atoms with Gasteiger partial charge in [0, 0.05) is 5.02 Å². The molecule has 1 aromatic rings. The van der Waals surface area contributed by atoms with Crippen molar-refractivity contribution < 1.29 is 19.1 Å². The number of ether oxygens (including phenoxy) is 1. The number of benzene rings is 1. The summed E-state index contributed by atoms with van der Waals surface area (Å²) in [5.74, 6) is -2.90. The molecule has 20 heavy (non-hydrogen) atoms. The Hall–Kier alpha value is -1.88. The fourth-order valence-electron chi connectivity index (χ4n) is 2.73. The van der Waals surface area contributed by atoms with Crippen molar-refractivity contribution in [3.63, 3.8) is 0 Å². The molecule has 1 aliphatic carbocycles. The minimum absolute atomic E-state index is 0.245. The summed E-state index contributed by atoms with van der Waals surface area (Å²) in [5.41, 5.74) is 0.447. The van der Waals surface area contributed by atoms with Crippen LogP contribution >= 0.6 is 11.6 Å². The number of amides is 2. The first-order valence-corrected chi connectivity index (χ1v) is 6.74. The average molecular weight is 294 g/mol. The Morgan fingerprint density at radius 2 is 1.95 bits per heavy atom. The van der Waals surface area contributed by atoms with Gasteiger partial charge in [0.25, 0.3) is 0 Å². The van der Waals surface area contributed by atoms with Crippen LogP contribution in [0.15, 0.2) is 24.3 Å². The molecule has 5 nitrogen and oxygen atoms in total. The summed E-state index contributed by atoms with van der Waals surface area (Å²) in [6, 6.07) is 6.54. The van der Waals surface area contributed by atoms with E-state index in [9.17, 15) is 14.4 Å². The highest BCUT2D eigenvalue weighted by molar-refractivity contribution is 6.32. The number of anilines is 1. The summed E-state index contributed by atoms with van der Waals surface area (Å²) in [4.78, 5) is 37.2. The normalized spacial score (nSPS) is 27.5. The van der Waals surface area contributed by atoms with Crippen LogP contribution < -0.4 is 4.90 Å². The molecule has 2 fully saturated rings. The van der Waals surface area contributed by atoms with Crippen molar-refractivity contribution in [1.29, 1.82) is 0 Å². The first-order valence-electron chi connectivity index (χ1n) is 6.36. The molecule has 0 bridgehead atoms. The zero-order valence-electron chi connectivity index (χ0n) is 10.7. The van der Waals surface area contributed by atoms with E-state index in [1.165, 1.54) is 0 Å². The van der Waals surface area contributed by atoms with Gasteiger partial charge in [-0.1, -0.05) is 17.7 Å². The van der Waals surface area contributed by atoms with E-state index < -0.39 is 23.7 Å². The molecule has 2 amide bonds. The summed E-state index contributed by atoms with van der Waals surface area (Å²) >= 11 is 5.86. The van der Waals surface area contributed by atoms with E-state index in [1.807, 2.05) is 0 Å². The van der Waals surface area contributed by atoms with Crippen molar-refractivity contribution in [1.82, 2.24) is 0 Å². The monoisotopic (exact) mass is 293 g/mol. The van der Waals surface area contributed by atoms with Gasteiger partial charge >= 0.3 is 5.97 Å². The van der Waals surface area contributed by atoms with Gasteiger partial charge < -0.3 is 4.74 Å². The Morgan fingerprint density at radius 3 is 2.50 bits per heavy atom. The van der Waals surface area contributed by atoms with E-state index in [0.29, 0.717) is 10.7 Å². The van der Waals surface area contributed by atoms with Gasteiger partial charge in [0.2, 0.25) is 11.8 Å². The minimum atomic E-state index is -0.606. The Labute approximate surface area is 120 Å². The number of nitrogens with zero attached hydrogens (tertiary/aromatic N) is 1. The molecular weight excluding hydrogens is 282 g/mol. The van der Waals surface area contributed by atoms with Gasteiger partial charge in [0.1, 0.15) is 0 Å². The molecule has 0 aromatic heterocycles. The highest BCUT2D eigenvalue weighted by Crippen LogP contribution is 2.54. The van der Waals surface area contributed by atoms with Crippen molar-refractivity contribution in [3.05, 3.63) is 29.3 Å². The van der Waals surface area contributed by atoms with E-state index in [1.54, 1.807) is 31.2 Å². The van der Waals surface area contributed by atoms with E-state index in [2.05, 4.69) is 0 Å². The predicted octanol–water partition coefficient (Wildman–Crippen LogP) is 1.64. The molecule has 0 spiro atoms. The van der Waals surface area contributed by atoms with Crippen LogP contribution in [0.4, 0.5) is 5.69 Å². The van der Waals surface area contributed by atoms with Crippen LogP contribution in [-0.4, -0.2) is 24.4 Å². The first kappa shape index (κ1) is 13.1. The quantitative estimate of drug-likeness (QED) is 0.628. The van der Waals surface area contributed by atoms with Crippen LogP contribution in [0.5, 0.6) is 0 Å². The molecule has 2 aliphatic rings. The highest BCUT2D eigenvalue weighted by atomic mass is 35.5. The van der Waals surface area contributed by atoms with E-state index >= 15 is 0 Å². The molecule has 1 heterocycles. The molecule has 6 heteroatoms. The third-order valence-electron chi connectivity index (χ3n) is 3.66. The number of hydrogen-bond donors (Lipinski definition) is 0. The van der Waals surface area contributed by atoms with Gasteiger partial charge in [-0.3, -0.25) is 14.4 Å². The maximum absolute atomic E-state index is 12.2. The van der Waals surface area contributed by atoms with Gasteiger partial charge in [0.15, 0.2) is 0 Å². The zero-order valence-corrected chi connectivity index (χ0v) is 11.5. The van der Waals surface area contributed by atoms with E-state index in [0.717, 1.165) is 4.90 Å². The zero-order chi connectivity index (χ0) is 14.4. The van der Waals surface area contributed by atoms with Gasteiger partial charge in [0.05, 0.1) is 30.0 Å². The number of rotatable bonds is 3. The standard InChI is InChI=1S/C14H12ClNO4/c1-2-20-14(19)11-9-10(11)13(18)16(12(9)17)8-5-3-4-7(15)6-8/h3-6,9-11H,2H2,1H3/t9-,10+,11?. The second kappa shape index (κ2) is 4.59. The molecular formula is C14H12ClNO4. The second-order valence-corrected chi connectivity index (χ2v) is 5.26. The molecule has 1 aromatic carbocycles. The molecule has 1 saturated heterocycles. The SMILES string of the molecule is CCOC(=O)C1[C@H]2C(=O)N(c3cccc(Cl)c3)C(=O)[C@@H]12. The average Bonchev–Trinajstić information content (AvgIpc) is 3.08. The van der Waals surface area contributed by atoms with Gasteiger partial charge in [-0.25, -0.2) is 4.90 Å². The third-order valence-corrected chi connectivity index (χ3v) is 3.89. The topological polar surface area (TPSA) is 63.7 Å². The van der Waals surface area contributed by atoms with Crippen molar-refractivity contribution in [2.24, 2.45) is 17.8 Å². The van der Waals surface area contributed by atoms with Crippen molar-refractivity contribution in [2.75, 3.05) is 11.5 Å². The van der Waals surface area contributed by atoms with E-state index in [4.69, 9.17) is 16.3 Å². The Balaban J connectivity index is 1.82. The summed E-state index contributed by atoms with van der Waals surface area (Å²) < 4.78 is 4.88. The molecule has 1 unspecified atom stereocenters. The van der Waals surface area contributed by atoms with Crippen LogP contribution in [0, 0.1) is 17.8 Å².